The summed E-state index contributed by atoms with van der Waals surface area (Å²) >= 11 is 0. The fourth-order valence-electron chi connectivity index (χ4n) is 4.37. The van der Waals surface area contributed by atoms with Gasteiger partial charge in [0.25, 0.3) is 0 Å². The van der Waals surface area contributed by atoms with E-state index in [1.54, 1.807) is 18.2 Å². The van der Waals surface area contributed by atoms with Gasteiger partial charge in [0.15, 0.2) is 0 Å². The SMILES string of the molecule is COC(=O)N(Cc1cc(C(=O)O)cc(C(F)(F)F)c1)Cc1c(-c2cc(C(C)C)ccc2OC)cccc1C(F)(F)F. The number of carboxylic acids is 1. The molecule has 0 aliphatic heterocycles. The molecule has 0 aromatic heterocycles. The highest BCUT2D eigenvalue weighted by Gasteiger charge is 2.36. The first-order valence-corrected chi connectivity index (χ1v) is 12.2. The van der Waals surface area contributed by atoms with Crippen molar-refractivity contribution < 1.29 is 50.5 Å². The largest absolute Gasteiger partial charge is 0.496 e. The Labute approximate surface area is 232 Å². The first kappa shape index (κ1) is 31.3. The summed E-state index contributed by atoms with van der Waals surface area (Å²) in [5.41, 5.74) is -2.48. The van der Waals surface area contributed by atoms with E-state index in [0.29, 0.717) is 17.7 Å². The van der Waals surface area contributed by atoms with Crippen LogP contribution in [-0.2, 0) is 30.2 Å². The van der Waals surface area contributed by atoms with Crippen LogP contribution in [0.1, 0.15) is 57.9 Å². The van der Waals surface area contributed by atoms with E-state index >= 15 is 0 Å². The molecule has 1 amide bonds. The molecule has 0 fully saturated rings. The molecule has 0 aliphatic rings. The summed E-state index contributed by atoms with van der Waals surface area (Å²) in [6.45, 7) is 2.40. The number of nitrogens with zero attached hydrogens (tertiary/aromatic N) is 1. The van der Waals surface area contributed by atoms with E-state index in [1.165, 1.54) is 19.2 Å². The second kappa shape index (κ2) is 12.1. The maximum atomic E-state index is 14.3. The number of aromatic carboxylic acids is 1. The van der Waals surface area contributed by atoms with Gasteiger partial charge in [0.2, 0.25) is 0 Å². The topological polar surface area (TPSA) is 76.1 Å². The molecule has 0 saturated heterocycles. The number of rotatable bonds is 8. The predicted molar refractivity (Wildman–Crippen MR) is 138 cm³/mol. The van der Waals surface area contributed by atoms with E-state index in [4.69, 9.17) is 9.47 Å². The summed E-state index contributed by atoms with van der Waals surface area (Å²) in [4.78, 5) is 25.0. The van der Waals surface area contributed by atoms with E-state index < -0.39 is 54.2 Å². The van der Waals surface area contributed by atoms with E-state index in [0.717, 1.165) is 29.7 Å². The molecule has 0 spiro atoms. The number of benzene rings is 3. The number of amides is 1. The average Bonchev–Trinajstić information content (AvgIpc) is 2.90. The van der Waals surface area contributed by atoms with E-state index in [-0.39, 0.29) is 28.4 Å². The number of carbonyl (C=O) groups is 2. The third kappa shape index (κ3) is 7.30. The van der Waals surface area contributed by atoms with Crippen LogP contribution in [0.3, 0.4) is 0 Å². The normalized spacial score (nSPS) is 11.9. The smallest absolute Gasteiger partial charge is 0.416 e. The number of halogens is 6. The molecule has 3 aromatic carbocycles. The maximum absolute atomic E-state index is 14.3. The Balaban J connectivity index is 2.22. The Hall–Kier alpha value is -4.22. The zero-order valence-corrected chi connectivity index (χ0v) is 22.5. The fourth-order valence-corrected chi connectivity index (χ4v) is 4.37. The van der Waals surface area contributed by atoms with Gasteiger partial charge in [-0.05, 0) is 64.6 Å². The Morgan fingerprint density at radius 2 is 1.56 bits per heavy atom. The van der Waals surface area contributed by atoms with Crippen molar-refractivity contribution in [3.63, 3.8) is 0 Å². The van der Waals surface area contributed by atoms with Gasteiger partial charge in [-0.2, -0.15) is 26.3 Å². The molecule has 0 unspecified atom stereocenters. The van der Waals surface area contributed by atoms with Crippen molar-refractivity contribution >= 4 is 12.1 Å². The van der Waals surface area contributed by atoms with Crippen LogP contribution in [0.25, 0.3) is 11.1 Å². The molecular weight excluding hydrogens is 556 g/mol. The van der Waals surface area contributed by atoms with Crippen LogP contribution in [0, 0.1) is 0 Å². The van der Waals surface area contributed by atoms with Crippen molar-refractivity contribution in [2.45, 2.75) is 45.2 Å². The van der Waals surface area contributed by atoms with Crippen LogP contribution in [0.4, 0.5) is 31.1 Å². The van der Waals surface area contributed by atoms with Gasteiger partial charge in [-0.25, -0.2) is 9.59 Å². The molecule has 41 heavy (non-hydrogen) atoms. The minimum absolute atomic E-state index is 0.0183. The number of carbonyl (C=O) groups excluding carboxylic acids is 1. The zero-order valence-electron chi connectivity index (χ0n) is 22.5. The van der Waals surface area contributed by atoms with Crippen LogP contribution in [-0.4, -0.2) is 36.3 Å². The molecule has 0 aliphatic carbocycles. The number of hydrogen-bond donors (Lipinski definition) is 1. The minimum atomic E-state index is -4.91. The minimum Gasteiger partial charge on any atom is -0.496 e. The molecule has 6 nitrogen and oxygen atoms in total. The maximum Gasteiger partial charge on any atom is 0.416 e. The molecule has 3 rings (SSSR count). The van der Waals surface area contributed by atoms with Crippen LogP contribution in [0.15, 0.2) is 54.6 Å². The highest BCUT2D eigenvalue weighted by Crippen LogP contribution is 2.41. The third-order valence-corrected chi connectivity index (χ3v) is 6.38. The Morgan fingerprint density at radius 1 is 0.878 bits per heavy atom. The first-order chi connectivity index (χ1) is 19.1. The summed E-state index contributed by atoms with van der Waals surface area (Å²) in [5.74, 6) is -1.36. The molecular formula is C29H27F6NO5. The Kier molecular flexibility index (Phi) is 9.25. The molecule has 0 saturated carbocycles. The summed E-state index contributed by atoms with van der Waals surface area (Å²) < 4.78 is 93.4. The van der Waals surface area contributed by atoms with Crippen LogP contribution in [0.5, 0.6) is 5.75 Å². The van der Waals surface area contributed by atoms with Gasteiger partial charge in [-0.15, -0.1) is 0 Å². The number of carboxylic acid groups (broad SMARTS) is 1. The van der Waals surface area contributed by atoms with Gasteiger partial charge in [0.05, 0.1) is 37.5 Å². The van der Waals surface area contributed by atoms with E-state index in [2.05, 4.69) is 0 Å². The van der Waals surface area contributed by atoms with Gasteiger partial charge >= 0.3 is 24.4 Å². The van der Waals surface area contributed by atoms with Crippen LogP contribution < -0.4 is 4.74 Å². The van der Waals surface area contributed by atoms with Gasteiger partial charge in [0, 0.05) is 12.1 Å². The number of methoxy groups -OCH3 is 2. The van der Waals surface area contributed by atoms with Gasteiger partial charge in [0.1, 0.15) is 5.75 Å². The lowest BCUT2D eigenvalue weighted by Gasteiger charge is -2.26. The standard InChI is InChI=1S/C29H27F6NO5/c1-16(2)18-8-9-25(40-3)22(13-18)21-6-5-7-24(29(33,34)35)23(21)15-36(27(39)41-4)14-17-10-19(26(37)38)12-20(11-17)28(30,31)32/h5-13,16H,14-15H2,1-4H3,(H,37,38). The quantitative estimate of drug-likeness (QED) is 0.272. The molecule has 0 bridgehead atoms. The predicted octanol–water partition coefficient (Wildman–Crippen LogP) is 7.99. The Morgan fingerprint density at radius 3 is 2.10 bits per heavy atom. The molecule has 220 valence electrons. The molecule has 3 aromatic rings. The molecule has 0 atom stereocenters. The zero-order chi connectivity index (χ0) is 30.7. The van der Waals surface area contributed by atoms with Crippen molar-refractivity contribution in [3.8, 4) is 16.9 Å². The van der Waals surface area contributed by atoms with Crippen molar-refractivity contribution in [2.24, 2.45) is 0 Å². The van der Waals surface area contributed by atoms with Crippen molar-refractivity contribution in [2.75, 3.05) is 14.2 Å². The lowest BCUT2D eigenvalue weighted by molar-refractivity contribution is -0.139. The van der Waals surface area contributed by atoms with Crippen LogP contribution in [0.2, 0.25) is 0 Å². The van der Waals surface area contributed by atoms with Crippen molar-refractivity contribution in [1.82, 2.24) is 4.90 Å². The summed E-state index contributed by atoms with van der Waals surface area (Å²) in [6.07, 6.45) is -10.9. The molecule has 1 N–H and O–H groups in total. The van der Waals surface area contributed by atoms with Gasteiger partial charge in [-0.3, -0.25) is 4.90 Å². The highest BCUT2D eigenvalue weighted by molar-refractivity contribution is 5.88. The van der Waals surface area contributed by atoms with Crippen molar-refractivity contribution in [1.29, 1.82) is 0 Å². The lowest BCUT2D eigenvalue weighted by Crippen LogP contribution is -2.31. The lowest BCUT2D eigenvalue weighted by atomic mass is 9.91. The highest BCUT2D eigenvalue weighted by atomic mass is 19.4. The second-order valence-electron chi connectivity index (χ2n) is 9.49. The monoisotopic (exact) mass is 583 g/mol. The summed E-state index contributed by atoms with van der Waals surface area (Å²) in [7, 11) is 2.32. The summed E-state index contributed by atoms with van der Waals surface area (Å²) in [6, 6.07) is 10.5. The number of hydrogen-bond acceptors (Lipinski definition) is 4. The summed E-state index contributed by atoms with van der Waals surface area (Å²) in [5, 5.41) is 9.31. The molecule has 0 heterocycles. The number of ether oxygens (including phenoxy) is 2. The van der Waals surface area contributed by atoms with E-state index in [9.17, 15) is 41.0 Å². The van der Waals surface area contributed by atoms with E-state index in [1.807, 2.05) is 13.8 Å². The van der Waals surface area contributed by atoms with Gasteiger partial charge in [-0.1, -0.05) is 32.0 Å². The average molecular weight is 584 g/mol. The fraction of sp³-hybridized carbons (Fsp3) is 0.310. The second-order valence-corrected chi connectivity index (χ2v) is 9.49. The first-order valence-electron chi connectivity index (χ1n) is 12.2. The van der Waals surface area contributed by atoms with Crippen LogP contribution >= 0.6 is 0 Å². The Bertz CT molecular complexity index is 1430. The van der Waals surface area contributed by atoms with Gasteiger partial charge < -0.3 is 14.6 Å². The molecule has 0 radical (unpaired) electrons. The molecule has 12 heteroatoms. The van der Waals surface area contributed by atoms with Crippen molar-refractivity contribution in [3.05, 3.63) is 88.0 Å². The number of alkyl halides is 6. The third-order valence-electron chi connectivity index (χ3n) is 6.38.